The molecule has 1 amide bonds. The van der Waals surface area contributed by atoms with Crippen LogP contribution in [0.25, 0.3) is 10.2 Å². The molecule has 0 N–H and O–H groups in total. The molecule has 1 fully saturated rings. The van der Waals surface area contributed by atoms with E-state index in [1.54, 1.807) is 29.2 Å². The second-order valence-corrected chi connectivity index (χ2v) is 7.60. The number of anilines is 1. The van der Waals surface area contributed by atoms with Gasteiger partial charge in [0, 0.05) is 12.2 Å². The van der Waals surface area contributed by atoms with E-state index in [1.807, 2.05) is 24.3 Å². The number of benzene rings is 2. The molecule has 1 aliphatic heterocycles. The van der Waals surface area contributed by atoms with E-state index < -0.39 is 5.97 Å². The molecule has 0 saturated carbocycles. The molecular weight excluding hydrogens is 376 g/mol. The lowest BCUT2D eigenvalue weighted by Gasteiger charge is -2.23. The quantitative estimate of drug-likeness (QED) is 0.612. The number of fused-ring (bicyclic) bond motifs is 1. The number of amides is 1. The zero-order valence-electron chi connectivity index (χ0n) is 15.5. The van der Waals surface area contributed by atoms with E-state index in [0.29, 0.717) is 29.4 Å². The van der Waals surface area contributed by atoms with Crippen LogP contribution in [0.15, 0.2) is 48.5 Å². The van der Waals surface area contributed by atoms with E-state index in [0.717, 1.165) is 23.1 Å². The summed E-state index contributed by atoms with van der Waals surface area (Å²) < 4.78 is 11.5. The first-order valence-electron chi connectivity index (χ1n) is 9.13. The van der Waals surface area contributed by atoms with Crippen LogP contribution in [0, 0.1) is 0 Å². The van der Waals surface area contributed by atoms with Gasteiger partial charge < -0.3 is 9.47 Å². The molecule has 28 heavy (non-hydrogen) atoms. The Morgan fingerprint density at radius 2 is 2.04 bits per heavy atom. The molecule has 0 spiro atoms. The molecule has 1 atom stereocenters. The summed E-state index contributed by atoms with van der Waals surface area (Å²) in [6.07, 6.45) is 1.89. The topological polar surface area (TPSA) is 68.7 Å². The van der Waals surface area contributed by atoms with Crippen LogP contribution in [0.2, 0.25) is 0 Å². The first kappa shape index (κ1) is 18.6. The Morgan fingerprint density at radius 1 is 1.21 bits per heavy atom. The predicted octanol–water partition coefficient (Wildman–Crippen LogP) is 3.91. The average molecular weight is 396 g/mol. The van der Waals surface area contributed by atoms with Crippen LogP contribution in [0.4, 0.5) is 5.13 Å². The van der Waals surface area contributed by atoms with E-state index in [4.69, 9.17) is 9.47 Å². The van der Waals surface area contributed by atoms with Gasteiger partial charge in [0.1, 0.15) is 0 Å². The van der Waals surface area contributed by atoms with Crippen LogP contribution >= 0.6 is 11.3 Å². The third kappa shape index (κ3) is 3.76. The number of hydrogen-bond acceptors (Lipinski definition) is 6. The lowest BCUT2D eigenvalue weighted by molar-refractivity contribution is 0.0600. The van der Waals surface area contributed by atoms with E-state index in [2.05, 4.69) is 4.98 Å². The summed E-state index contributed by atoms with van der Waals surface area (Å²) >= 11 is 1.47. The molecular formula is C21H20N2O4S. The summed E-state index contributed by atoms with van der Waals surface area (Å²) in [5, 5.41) is 0.630. The molecule has 7 heteroatoms. The summed E-state index contributed by atoms with van der Waals surface area (Å²) in [6, 6.07) is 14.4. The van der Waals surface area contributed by atoms with Crippen molar-refractivity contribution < 1.29 is 19.1 Å². The van der Waals surface area contributed by atoms with Crippen LogP contribution < -0.4 is 4.90 Å². The van der Waals surface area contributed by atoms with Gasteiger partial charge in [-0.1, -0.05) is 29.5 Å². The van der Waals surface area contributed by atoms with Gasteiger partial charge in [-0.15, -0.1) is 0 Å². The zero-order valence-corrected chi connectivity index (χ0v) is 16.3. The van der Waals surface area contributed by atoms with Crippen molar-refractivity contribution >= 4 is 38.6 Å². The summed E-state index contributed by atoms with van der Waals surface area (Å²) in [5.41, 5.74) is 1.62. The molecule has 1 saturated heterocycles. The number of carbonyl (C=O) groups is 2. The molecule has 0 bridgehead atoms. The minimum Gasteiger partial charge on any atom is -0.465 e. The normalized spacial score (nSPS) is 16.2. The van der Waals surface area contributed by atoms with Gasteiger partial charge in [0.2, 0.25) is 0 Å². The fourth-order valence-corrected chi connectivity index (χ4v) is 4.24. The molecule has 2 aromatic carbocycles. The van der Waals surface area contributed by atoms with E-state index in [-0.39, 0.29) is 12.0 Å². The van der Waals surface area contributed by atoms with Crippen LogP contribution in [-0.2, 0) is 9.47 Å². The standard InChI is InChI=1S/C21H20N2O4S/c1-26-20(25)15-7-4-6-14(12-15)19(24)23(13-16-8-5-11-27-16)21-22-17-9-2-3-10-18(17)28-21/h2-4,6-7,9-10,12,16H,5,8,11,13H2,1H3/t16-/m0/s1. The largest absolute Gasteiger partial charge is 0.465 e. The summed E-state index contributed by atoms with van der Waals surface area (Å²) in [7, 11) is 1.32. The maximum atomic E-state index is 13.4. The van der Waals surface area contributed by atoms with Crippen molar-refractivity contribution in [3.63, 3.8) is 0 Å². The van der Waals surface area contributed by atoms with E-state index in [9.17, 15) is 9.59 Å². The summed E-state index contributed by atoms with van der Waals surface area (Å²) in [4.78, 5) is 31.5. The Balaban J connectivity index is 1.70. The third-order valence-electron chi connectivity index (χ3n) is 4.70. The molecule has 144 valence electrons. The number of aromatic nitrogens is 1. The molecule has 1 aromatic heterocycles. The van der Waals surface area contributed by atoms with Gasteiger partial charge in [-0.2, -0.15) is 0 Å². The Labute approximate surface area is 166 Å². The second-order valence-electron chi connectivity index (χ2n) is 6.59. The molecule has 2 heterocycles. The highest BCUT2D eigenvalue weighted by Gasteiger charge is 2.27. The van der Waals surface area contributed by atoms with Gasteiger partial charge in [0.25, 0.3) is 5.91 Å². The number of thiazole rings is 1. The van der Waals surface area contributed by atoms with Gasteiger partial charge in [0.15, 0.2) is 5.13 Å². The highest BCUT2D eigenvalue weighted by atomic mass is 32.1. The minimum absolute atomic E-state index is 0.0141. The minimum atomic E-state index is -0.472. The maximum absolute atomic E-state index is 13.4. The van der Waals surface area contributed by atoms with Crippen molar-refractivity contribution in [2.75, 3.05) is 25.2 Å². The van der Waals surface area contributed by atoms with Crippen molar-refractivity contribution in [1.29, 1.82) is 0 Å². The first-order chi connectivity index (χ1) is 13.7. The van der Waals surface area contributed by atoms with Crippen LogP contribution in [0.1, 0.15) is 33.6 Å². The molecule has 0 radical (unpaired) electrons. The first-order valence-corrected chi connectivity index (χ1v) is 9.95. The van der Waals surface area contributed by atoms with Crippen molar-refractivity contribution in [3.05, 3.63) is 59.7 Å². The number of methoxy groups -OCH3 is 1. The lowest BCUT2D eigenvalue weighted by atomic mass is 10.1. The number of para-hydroxylation sites is 1. The number of rotatable bonds is 5. The Hall–Kier alpha value is -2.77. The van der Waals surface area contributed by atoms with Crippen molar-refractivity contribution in [2.24, 2.45) is 0 Å². The van der Waals surface area contributed by atoms with Crippen LogP contribution in [0.5, 0.6) is 0 Å². The van der Waals surface area contributed by atoms with Gasteiger partial charge in [-0.25, -0.2) is 9.78 Å². The number of ether oxygens (including phenoxy) is 2. The number of hydrogen-bond donors (Lipinski definition) is 0. The SMILES string of the molecule is COC(=O)c1cccc(C(=O)N(C[C@@H]2CCCO2)c2nc3ccccc3s2)c1. The Kier molecular flexibility index (Phi) is 5.36. The molecule has 0 aliphatic carbocycles. The Bertz CT molecular complexity index is 977. The highest BCUT2D eigenvalue weighted by molar-refractivity contribution is 7.22. The van der Waals surface area contributed by atoms with E-state index in [1.165, 1.54) is 18.4 Å². The van der Waals surface area contributed by atoms with Crippen molar-refractivity contribution in [2.45, 2.75) is 18.9 Å². The predicted molar refractivity (Wildman–Crippen MR) is 108 cm³/mol. The molecule has 3 aromatic rings. The van der Waals surface area contributed by atoms with Crippen molar-refractivity contribution in [3.8, 4) is 0 Å². The fourth-order valence-electron chi connectivity index (χ4n) is 3.27. The molecule has 1 aliphatic rings. The number of nitrogens with zero attached hydrogens (tertiary/aromatic N) is 2. The van der Waals surface area contributed by atoms with Gasteiger partial charge in [-0.3, -0.25) is 9.69 Å². The number of esters is 1. The third-order valence-corrected chi connectivity index (χ3v) is 5.76. The van der Waals surface area contributed by atoms with Crippen LogP contribution in [-0.4, -0.2) is 43.2 Å². The fraction of sp³-hybridized carbons (Fsp3) is 0.286. The second kappa shape index (κ2) is 8.08. The van der Waals surface area contributed by atoms with Gasteiger partial charge in [0.05, 0.1) is 35.5 Å². The smallest absolute Gasteiger partial charge is 0.337 e. The molecule has 4 rings (SSSR count). The summed E-state index contributed by atoms with van der Waals surface area (Å²) in [6.45, 7) is 1.14. The van der Waals surface area contributed by atoms with E-state index >= 15 is 0 Å². The summed E-state index contributed by atoms with van der Waals surface area (Å²) in [5.74, 6) is -0.680. The maximum Gasteiger partial charge on any atom is 0.337 e. The van der Waals surface area contributed by atoms with Gasteiger partial charge >= 0.3 is 5.97 Å². The monoisotopic (exact) mass is 396 g/mol. The molecule has 6 nitrogen and oxygen atoms in total. The lowest BCUT2D eigenvalue weighted by Crippen LogP contribution is -2.37. The van der Waals surface area contributed by atoms with Crippen LogP contribution in [0.3, 0.4) is 0 Å². The zero-order chi connectivity index (χ0) is 19.5. The number of carbonyl (C=O) groups excluding carboxylic acids is 2. The van der Waals surface area contributed by atoms with Gasteiger partial charge in [-0.05, 0) is 43.2 Å². The highest BCUT2D eigenvalue weighted by Crippen LogP contribution is 2.30. The van der Waals surface area contributed by atoms with Crippen molar-refractivity contribution in [1.82, 2.24) is 4.98 Å². The Morgan fingerprint density at radius 3 is 2.79 bits per heavy atom. The average Bonchev–Trinajstić information content (AvgIpc) is 3.40. The molecule has 0 unspecified atom stereocenters.